The first-order valence-electron chi connectivity index (χ1n) is 11.7. The molecule has 1 amide bonds. The molecule has 0 fully saturated rings. The van der Waals surface area contributed by atoms with Gasteiger partial charge in [0.2, 0.25) is 0 Å². The number of hydrogen-bond donors (Lipinski definition) is 2. The molecule has 1 aromatic heterocycles. The summed E-state index contributed by atoms with van der Waals surface area (Å²) >= 11 is 1.52. The number of aromatic nitrogens is 1. The monoisotopic (exact) mass is 524 g/mol. The third-order valence-corrected chi connectivity index (χ3v) is 6.36. The minimum atomic E-state index is -1.08. The lowest BCUT2D eigenvalue weighted by Crippen LogP contribution is -2.41. The van der Waals surface area contributed by atoms with Gasteiger partial charge < -0.3 is 29.4 Å². The van der Waals surface area contributed by atoms with Crippen molar-refractivity contribution in [2.24, 2.45) is 0 Å². The molecule has 0 spiro atoms. The molecule has 0 saturated heterocycles. The molecular weight excluding hydrogens is 496 g/mol. The van der Waals surface area contributed by atoms with Gasteiger partial charge in [-0.3, -0.25) is 4.79 Å². The van der Waals surface area contributed by atoms with Gasteiger partial charge in [0.15, 0.2) is 11.9 Å². The molecule has 2 heterocycles. The van der Waals surface area contributed by atoms with Crippen molar-refractivity contribution in [1.82, 2.24) is 10.3 Å². The Hall–Kier alpha value is -3.92. The van der Waals surface area contributed by atoms with Crippen LogP contribution in [0.2, 0.25) is 0 Å². The van der Waals surface area contributed by atoms with E-state index >= 15 is 0 Å². The van der Waals surface area contributed by atoms with Crippen LogP contribution in [0.1, 0.15) is 16.8 Å². The third kappa shape index (κ3) is 6.45. The molecule has 4 rings (SSSR count). The molecule has 0 radical (unpaired) electrons. The summed E-state index contributed by atoms with van der Waals surface area (Å²) in [5, 5.41) is 12.2. The Bertz CT molecular complexity index is 1250. The van der Waals surface area contributed by atoms with E-state index in [-0.39, 0.29) is 19.3 Å². The maximum absolute atomic E-state index is 13.2. The standard InChI is InChI=1S/C27H28N2O7S/c1-33-23-7-4-3-6-19(23)21-14-17(34-15-18-16-35-26-24(36-18)8-5-12-28-26)9-10-20(21)25(30)29-22(27(31)32)11-13-37-2/h3-10,12,14,18,22H,11,13,15-16H2,1-2H3,(H,29,30)(H,31,32)/t18-,22+/m1/s1. The summed E-state index contributed by atoms with van der Waals surface area (Å²) in [4.78, 5) is 29.1. The van der Waals surface area contributed by atoms with Crippen molar-refractivity contribution in [3.63, 3.8) is 0 Å². The van der Waals surface area contributed by atoms with Crippen LogP contribution < -0.4 is 24.3 Å². The number of nitrogens with zero attached hydrogens (tertiary/aromatic N) is 1. The number of hydrogen-bond acceptors (Lipinski definition) is 8. The molecule has 0 bridgehead atoms. The molecule has 9 nitrogen and oxygen atoms in total. The van der Waals surface area contributed by atoms with E-state index in [1.165, 1.54) is 11.8 Å². The molecule has 0 aliphatic carbocycles. The van der Waals surface area contributed by atoms with E-state index < -0.39 is 17.9 Å². The smallest absolute Gasteiger partial charge is 0.326 e. The molecule has 1 aliphatic heterocycles. The molecule has 3 aromatic rings. The van der Waals surface area contributed by atoms with Crippen LogP contribution in [-0.4, -0.2) is 66.4 Å². The van der Waals surface area contributed by atoms with E-state index in [4.69, 9.17) is 18.9 Å². The van der Waals surface area contributed by atoms with E-state index in [0.29, 0.717) is 52.0 Å². The average Bonchev–Trinajstić information content (AvgIpc) is 2.93. The van der Waals surface area contributed by atoms with E-state index in [1.807, 2.05) is 24.5 Å². The first-order chi connectivity index (χ1) is 18.0. The van der Waals surface area contributed by atoms with Gasteiger partial charge in [-0.25, -0.2) is 9.78 Å². The number of aliphatic carboxylic acids is 1. The van der Waals surface area contributed by atoms with E-state index in [1.54, 1.807) is 49.7 Å². The Morgan fingerprint density at radius 3 is 2.81 bits per heavy atom. The van der Waals surface area contributed by atoms with Gasteiger partial charge in [-0.05, 0) is 54.8 Å². The Balaban J connectivity index is 1.58. The largest absolute Gasteiger partial charge is 0.496 e. The minimum Gasteiger partial charge on any atom is -0.496 e. The summed E-state index contributed by atoms with van der Waals surface area (Å²) in [5.74, 6) is 1.12. The fraction of sp³-hybridized carbons (Fsp3) is 0.296. The topological polar surface area (TPSA) is 116 Å². The number of rotatable bonds is 11. The maximum Gasteiger partial charge on any atom is 0.326 e. The Kier molecular flexibility index (Phi) is 8.73. The van der Waals surface area contributed by atoms with Gasteiger partial charge in [-0.1, -0.05) is 18.2 Å². The fourth-order valence-electron chi connectivity index (χ4n) is 3.86. The number of fused-ring (bicyclic) bond motifs is 1. The zero-order valence-corrected chi connectivity index (χ0v) is 21.3. The third-order valence-electron chi connectivity index (χ3n) is 5.72. The minimum absolute atomic E-state index is 0.209. The summed E-state index contributed by atoms with van der Waals surface area (Å²) in [6, 6.07) is 14.9. The highest BCUT2D eigenvalue weighted by molar-refractivity contribution is 7.98. The summed E-state index contributed by atoms with van der Waals surface area (Å²) in [6.07, 6.45) is 3.49. The Morgan fingerprint density at radius 2 is 2.03 bits per heavy atom. The van der Waals surface area contributed by atoms with Gasteiger partial charge in [0.25, 0.3) is 11.8 Å². The number of amides is 1. The van der Waals surface area contributed by atoms with Gasteiger partial charge in [0.1, 0.15) is 30.8 Å². The second kappa shape index (κ2) is 12.4. The quantitative estimate of drug-likeness (QED) is 0.385. The Labute approximate surface area is 219 Å². The zero-order chi connectivity index (χ0) is 26.2. The summed E-state index contributed by atoms with van der Waals surface area (Å²) in [5.41, 5.74) is 1.54. The van der Waals surface area contributed by atoms with Crippen molar-refractivity contribution in [2.45, 2.75) is 18.6 Å². The van der Waals surface area contributed by atoms with Crippen molar-refractivity contribution in [1.29, 1.82) is 0 Å². The van der Waals surface area contributed by atoms with Gasteiger partial charge >= 0.3 is 5.97 Å². The summed E-state index contributed by atoms with van der Waals surface area (Å²) in [6.45, 7) is 0.498. The maximum atomic E-state index is 13.2. The highest BCUT2D eigenvalue weighted by atomic mass is 32.2. The number of carbonyl (C=O) groups excluding carboxylic acids is 1. The molecule has 0 saturated carbocycles. The molecular formula is C27H28N2O7S. The number of para-hydroxylation sites is 1. The second-order valence-electron chi connectivity index (χ2n) is 8.22. The van der Waals surface area contributed by atoms with Crippen LogP contribution in [0, 0.1) is 0 Å². The summed E-state index contributed by atoms with van der Waals surface area (Å²) < 4.78 is 23.1. The first-order valence-corrected chi connectivity index (χ1v) is 13.1. The number of carbonyl (C=O) groups is 2. The predicted octanol–water partition coefficient (Wildman–Crippen LogP) is 3.91. The van der Waals surface area contributed by atoms with Crippen molar-refractivity contribution in [3.05, 3.63) is 66.4 Å². The number of carboxylic acids is 1. The molecule has 1 aliphatic rings. The van der Waals surface area contributed by atoms with Crippen LogP contribution >= 0.6 is 11.8 Å². The fourth-order valence-corrected chi connectivity index (χ4v) is 4.33. The van der Waals surface area contributed by atoms with Crippen molar-refractivity contribution in [3.8, 4) is 34.3 Å². The molecule has 2 atom stereocenters. The van der Waals surface area contributed by atoms with Gasteiger partial charge in [-0.2, -0.15) is 11.8 Å². The number of thioether (sulfide) groups is 1. The predicted molar refractivity (Wildman–Crippen MR) is 140 cm³/mol. The van der Waals surface area contributed by atoms with Crippen molar-refractivity contribution >= 4 is 23.6 Å². The summed E-state index contributed by atoms with van der Waals surface area (Å²) in [7, 11) is 1.55. The number of ether oxygens (including phenoxy) is 4. The molecule has 2 aromatic carbocycles. The first kappa shape index (κ1) is 26.2. The number of pyridine rings is 1. The van der Waals surface area contributed by atoms with Crippen LogP contribution in [-0.2, 0) is 4.79 Å². The van der Waals surface area contributed by atoms with Crippen LogP contribution in [0.5, 0.6) is 23.1 Å². The Morgan fingerprint density at radius 1 is 1.19 bits per heavy atom. The number of benzene rings is 2. The number of carboxylic acid groups (broad SMARTS) is 1. The van der Waals surface area contributed by atoms with Crippen LogP contribution in [0.25, 0.3) is 11.1 Å². The zero-order valence-electron chi connectivity index (χ0n) is 20.5. The molecule has 0 unspecified atom stereocenters. The highest BCUT2D eigenvalue weighted by Crippen LogP contribution is 2.35. The molecule has 194 valence electrons. The van der Waals surface area contributed by atoms with Gasteiger partial charge in [0, 0.05) is 22.9 Å². The van der Waals surface area contributed by atoms with Crippen LogP contribution in [0.3, 0.4) is 0 Å². The SMILES string of the molecule is COc1ccccc1-c1cc(OC[C@@H]2COc3ncccc3O2)ccc1C(=O)N[C@@H](CCSC)C(=O)O. The number of methoxy groups -OCH3 is 1. The highest BCUT2D eigenvalue weighted by Gasteiger charge is 2.25. The van der Waals surface area contributed by atoms with E-state index in [0.717, 1.165) is 0 Å². The van der Waals surface area contributed by atoms with E-state index in [2.05, 4.69) is 10.3 Å². The van der Waals surface area contributed by atoms with Crippen LogP contribution in [0.15, 0.2) is 60.8 Å². The van der Waals surface area contributed by atoms with Crippen LogP contribution in [0.4, 0.5) is 0 Å². The molecule has 37 heavy (non-hydrogen) atoms. The van der Waals surface area contributed by atoms with E-state index in [9.17, 15) is 14.7 Å². The second-order valence-corrected chi connectivity index (χ2v) is 9.21. The molecule has 2 N–H and O–H groups in total. The molecule has 10 heteroatoms. The number of nitrogens with one attached hydrogen (secondary N) is 1. The van der Waals surface area contributed by atoms with Crippen molar-refractivity contribution < 1.29 is 33.6 Å². The lowest BCUT2D eigenvalue weighted by atomic mass is 9.97. The van der Waals surface area contributed by atoms with Gasteiger partial charge in [0.05, 0.1) is 7.11 Å². The lowest BCUT2D eigenvalue weighted by Gasteiger charge is -2.25. The van der Waals surface area contributed by atoms with Crippen molar-refractivity contribution in [2.75, 3.05) is 32.3 Å². The lowest BCUT2D eigenvalue weighted by molar-refractivity contribution is -0.139. The normalized spacial score (nSPS) is 14.9. The van der Waals surface area contributed by atoms with Gasteiger partial charge in [-0.15, -0.1) is 0 Å². The average molecular weight is 525 g/mol.